The Hall–Kier alpha value is -3.79. The van der Waals surface area contributed by atoms with Gasteiger partial charge in [-0.2, -0.15) is 10.1 Å². The molecule has 0 N–H and O–H groups in total. The normalized spacial score (nSPS) is 19.7. The van der Waals surface area contributed by atoms with Crippen molar-refractivity contribution in [2.75, 3.05) is 11.5 Å². The highest BCUT2D eigenvalue weighted by Crippen LogP contribution is 2.33. The van der Waals surface area contributed by atoms with E-state index >= 15 is 0 Å². The lowest BCUT2D eigenvalue weighted by atomic mass is 10.1. The Morgan fingerprint density at radius 1 is 1.12 bits per heavy atom. The zero-order valence-corrected chi connectivity index (χ0v) is 17.6. The molecule has 162 valence electrons. The van der Waals surface area contributed by atoms with Crippen LogP contribution in [0, 0.1) is 0 Å². The molecule has 3 heterocycles. The number of amides is 2. The zero-order valence-electron chi connectivity index (χ0n) is 16.9. The van der Waals surface area contributed by atoms with Crippen LogP contribution in [0.2, 0.25) is 5.02 Å². The molecule has 2 aliphatic rings. The van der Waals surface area contributed by atoms with E-state index in [1.54, 1.807) is 48.5 Å². The monoisotopic (exact) mass is 452 g/mol. The number of ether oxygens (including phenoxy) is 1. The van der Waals surface area contributed by atoms with Crippen LogP contribution >= 0.6 is 11.6 Å². The highest BCUT2D eigenvalue weighted by Gasteiger charge is 2.55. The fourth-order valence-electron chi connectivity index (χ4n) is 3.67. The van der Waals surface area contributed by atoms with E-state index in [0.29, 0.717) is 34.5 Å². The molecule has 11 heteroatoms. The molecule has 3 aromatic rings. The molecule has 1 fully saturated rings. The Morgan fingerprint density at radius 2 is 1.94 bits per heavy atom. The summed E-state index contributed by atoms with van der Waals surface area (Å²) in [4.78, 5) is 31.4. The molecule has 2 unspecified atom stereocenters. The SMILES string of the molecule is CCOc1ccc(N2C(=O)C3N=NN(Cc4nc(-c5cccc(Cl)c5)no4)C3C2=O)cc1. The minimum atomic E-state index is -0.913. The lowest BCUT2D eigenvalue weighted by Gasteiger charge is -2.19. The van der Waals surface area contributed by atoms with Gasteiger partial charge in [-0.25, -0.2) is 4.90 Å². The third-order valence-electron chi connectivity index (χ3n) is 5.11. The Bertz CT molecular complexity index is 1210. The quantitative estimate of drug-likeness (QED) is 0.527. The number of benzene rings is 2. The van der Waals surface area contributed by atoms with Crippen molar-refractivity contribution >= 4 is 29.1 Å². The molecule has 2 atom stereocenters. The molecule has 2 aliphatic heterocycles. The third-order valence-corrected chi connectivity index (χ3v) is 5.35. The van der Waals surface area contributed by atoms with Crippen LogP contribution in [0.5, 0.6) is 5.75 Å². The van der Waals surface area contributed by atoms with Crippen LogP contribution in [0.25, 0.3) is 11.4 Å². The van der Waals surface area contributed by atoms with Crippen LogP contribution in [-0.2, 0) is 16.1 Å². The molecule has 0 bridgehead atoms. The van der Waals surface area contributed by atoms with Crippen LogP contribution in [0.3, 0.4) is 0 Å². The summed E-state index contributed by atoms with van der Waals surface area (Å²) in [6, 6.07) is 12.0. The first kappa shape index (κ1) is 20.1. The number of imide groups is 1. The van der Waals surface area contributed by atoms with E-state index in [2.05, 4.69) is 20.5 Å². The standard InChI is InChI=1S/C21H17ClN6O4/c1-2-31-15-8-6-14(7-9-15)28-20(29)17-18(21(28)30)27(26-24-17)11-16-23-19(25-32-16)12-4-3-5-13(22)10-12/h3-10,17-18H,2,11H2,1H3. The van der Waals surface area contributed by atoms with Gasteiger partial charge in [0.1, 0.15) is 12.3 Å². The first-order valence-corrected chi connectivity index (χ1v) is 10.3. The van der Waals surface area contributed by atoms with Crippen LogP contribution in [0.4, 0.5) is 5.69 Å². The number of fused-ring (bicyclic) bond motifs is 1. The van der Waals surface area contributed by atoms with Gasteiger partial charge in [-0.05, 0) is 43.3 Å². The molecule has 1 saturated heterocycles. The second-order valence-electron chi connectivity index (χ2n) is 7.15. The molecule has 32 heavy (non-hydrogen) atoms. The van der Waals surface area contributed by atoms with Crippen molar-refractivity contribution in [1.82, 2.24) is 15.1 Å². The fourth-order valence-corrected chi connectivity index (χ4v) is 3.86. The number of carbonyl (C=O) groups is 2. The minimum absolute atomic E-state index is 0.0361. The summed E-state index contributed by atoms with van der Waals surface area (Å²) >= 11 is 6.02. The average Bonchev–Trinajstić information content (AvgIpc) is 3.48. The van der Waals surface area contributed by atoms with E-state index in [-0.39, 0.29) is 12.4 Å². The van der Waals surface area contributed by atoms with E-state index in [1.165, 1.54) is 5.01 Å². The second kappa shape index (κ2) is 8.04. The van der Waals surface area contributed by atoms with Gasteiger partial charge in [-0.3, -0.25) is 14.6 Å². The number of hydrogen-bond acceptors (Lipinski definition) is 9. The summed E-state index contributed by atoms with van der Waals surface area (Å²) in [7, 11) is 0. The summed E-state index contributed by atoms with van der Waals surface area (Å²) < 4.78 is 10.7. The van der Waals surface area contributed by atoms with Crippen LogP contribution in [-0.4, -0.2) is 45.7 Å². The highest BCUT2D eigenvalue weighted by molar-refractivity contribution is 6.30. The average molecular weight is 453 g/mol. The van der Waals surface area contributed by atoms with Crippen molar-refractivity contribution in [3.63, 3.8) is 0 Å². The molecule has 2 aromatic carbocycles. The van der Waals surface area contributed by atoms with Crippen molar-refractivity contribution < 1.29 is 18.8 Å². The Balaban J connectivity index is 1.34. The van der Waals surface area contributed by atoms with Gasteiger partial charge in [-0.1, -0.05) is 34.1 Å². The lowest BCUT2D eigenvalue weighted by Crippen LogP contribution is -2.39. The third kappa shape index (κ3) is 3.48. The highest BCUT2D eigenvalue weighted by atomic mass is 35.5. The van der Waals surface area contributed by atoms with E-state index in [4.69, 9.17) is 20.9 Å². The van der Waals surface area contributed by atoms with Gasteiger partial charge in [0.2, 0.25) is 11.7 Å². The number of nitrogens with zero attached hydrogens (tertiary/aromatic N) is 6. The van der Waals surface area contributed by atoms with Crippen molar-refractivity contribution in [3.8, 4) is 17.1 Å². The largest absolute Gasteiger partial charge is 0.494 e. The summed E-state index contributed by atoms with van der Waals surface area (Å²) in [6.07, 6.45) is 0. The van der Waals surface area contributed by atoms with Crippen LogP contribution < -0.4 is 9.64 Å². The molecule has 0 saturated carbocycles. The predicted molar refractivity (Wildman–Crippen MR) is 113 cm³/mol. The molecular formula is C21H17ClN6O4. The lowest BCUT2D eigenvalue weighted by molar-refractivity contribution is -0.123. The maximum Gasteiger partial charge on any atom is 0.263 e. The fraction of sp³-hybridized carbons (Fsp3) is 0.238. The summed E-state index contributed by atoms with van der Waals surface area (Å²) in [6.45, 7) is 2.44. The van der Waals surface area contributed by atoms with Crippen LogP contribution in [0.1, 0.15) is 12.8 Å². The molecule has 1 aromatic heterocycles. The van der Waals surface area contributed by atoms with E-state index in [1.807, 2.05) is 6.92 Å². The number of carbonyl (C=O) groups excluding carboxylic acids is 2. The molecule has 10 nitrogen and oxygen atoms in total. The van der Waals surface area contributed by atoms with E-state index in [9.17, 15) is 9.59 Å². The van der Waals surface area contributed by atoms with Gasteiger partial charge in [0.05, 0.1) is 12.3 Å². The van der Waals surface area contributed by atoms with Crippen molar-refractivity contribution in [2.45, 2.75) is 25.6 Å². The molecule has 0 radical (unpaired) electrons. The first-order valence-electron chi connectivity index (χ1n) is 9.92. The zero-order chi connectivity index (χ0) is 22.2. The van der Waals surface area contributed by atoms with Crippen molar-refractivity contribution in [3.05, 3.63) is 59.4 Å². The Morgan fingerprint density at radius 3 is 2.69 bits per heavy atom. The minimum Gasteiger partial charge on any atom is -0.494 e. The molecular weight excluding hydrogens is 436 g/mol. The van der Waals surface area contributed by atoms with Gasteiger partial charge in [0.15, 0.2) is 12.1 Å². The maximum atomic E-state index is 13.1. The van der Waals surface area contributed by atoms with Gasteiger partial charge in [-0.15, -0.1) is 0 Å². The molecule has 2 amide bonds. The number of anilines is 1. The van der Waals surface area contributed by atoms with Gasteiger partial charge in [0, 0.05) is 10.6 Å². The summed E-state index contributed by atoms with van der Waals surface area (Å²) in [5.41, 5.74) is 1.15. The van der Waals surface area contributed by atoms with Crippen molar-refractivity contribution in [2.24, 2.45) is 10.3 Å². The van der Waals surface area contributed by atoms with Gasteiger partial charge < -0.3 is 9.26 Å². The maximum absolute atomic E-state index is 13.1. The summed E-state index contributed by atoms with van der Waals surface area (Å²) in [5, 5.41) is 13.9. The van der Waals surface area contributed by atoms with E-state index < -0.39 is 23.9 Å². The topological polar surface area (TPSA) is 113 Å². The molecule has 0 spiro atoms. The second-order valence-corrected chi connectivity index (χ2v) is 7.59. The molecule has 5 rings (SSSR count). The van der Waals surface area contributed by atoms with Crippen LogP contribution in [0.15, 0.2) is 63.4 Å². The predicted octanol–water partition coefficient (Wildman–Crippen LogP) is 3.28. The Kier molecular flexibility index (Phi) is 5.06. The first-order chi connectivity index (χ1) is 15.5. The Labute approximate surface area is 187 Å². The number of rotatable bonds is 6. The number of hydrogen-bond donors (Lipinski definition) is 0. The van der Waals surface area contributed by atoms with Gasteiger partial charge >= 0.3 is 0 Å². The smallest absolute Gasteiger partial charge is 0.263 e. The van der Waals surface area contributed by atoms with Crippen molar-refractivity contribution in [1.29, 1.82) is 0 Å². The number of halogens is 1. The van der Waals surface area contributed by atoms with E-state index in [0.717, 1.165) is 4.90 Å². The number of aromatic nitrogens is 2. The summed E-state index contributed by atoms with van der Waals surface area (Å²) in [5.74, 6) is 0.410. The van der Waals surface area contributed by atoms with Gasteiger partial charge in [0.25, 0.3) is 11.8 Å². The molecule has 0 aliphatic carbocycles.